The van der Waals surface area contributed by atoms with Gasteiger partial charge in [-0.3, -0.25) is 22.6 Å². The topological polar surface area (TPSA) is 476 Å². The fourth-order valence-electron chi connectivity index (χ4n) is 7.95. The number of nitriles is 1. The fourth-order valence-corrected chi connectivity index (χ4v) is 12.0. The van der Waals surface area contributed by atoms with Crippen molar-refractivity contribution in [3.63, 3.8) is 0 Å². The molecule has 0 atom stereocenters. The van der Waals surface area contributed by atoms with Gasteiger partial charge in [0.25, 0.3) is 40.5 Å². The Morgan fingerprint density at radius 2 is 1.45 bits per heavy atom. The Bertz CT molecular complexity index is 4460. The van der Waals surface area contributed by atoms with Crippen molar-refractivity contribution in [3.8, 4) is 23.4 Å². The van der Waals surface area contributed by atoms with Crippen LogP contribution in [0.1, 0.15) is 24.0 Å². The average Bonchev–Trinajstić information content (AvgIpc) is 1.58. The molecule has 0 bridgehead atoms. The van der Waals surface area contributed by atoms with Crippen molar-refractivity contribution in [1.29, 1.82) is 5.26 Å². The van der Waals surface area contributed by atoms with E-state index in [0.717, 1.165) is 29.5 Å². The Morgan fingerprint density at radius 1 is 0.786 bits per heavy atom. The van der Waals surface area contributed by atoms with Crippen molar-refractivity contribution in [2.24, 2.45) is 30.7 Å². The third-order valence-electron chi connectivity index (χ3n) is 11.3. The number of hydrogen-bond donors (Lipinski definition) is 8. The minimum atomic E-state index is -5.31. The Hall–Kier alpha value is -6.92. The van der Waals surface area contributed by atoms with E-state index >= 15 is 0 Å². The largest absolute Gasteiger partial charge is 0.505 e. The normalized spacial score (nSPS) is 12.6. The molecule has 0 aliphatic rings. The highest BCUT2D eigenvalue weighted by Gasteiger charge is 2.27. The summed E-state index contributed by atoms with van der Waals surface area (Å²) in [6.45, 7) is 1.41. The molecular weight excluding hydrogens is 1280 g/mol. The van der Waals surface area contributed by atoms with E-state index in [4.69, 9.17) is 26.1 Å². The summed E-state index contributed by atoms with van der Waals surface area (Å²) in [5.74, 6) is -1.88. The second kappa shape index (κ2) is 27.0. The number of pyridine rings is 1. The zero-order chi connectivity index (χ0) is 61.5. The van der Waals surface area contributed by atoms with Gasteiger partial charge in [-0.2, -0.15) is 38.9 Å². The SMILES string of the molecule is COc1cc(N=Nc2c(SOOO)cc3c(S(=O)(=O)O)c(N=Nc4c(C)c(C#N)c5nc6ccccc6n5c4O)ccc3c2O)c(N(CCCSOOO)CCCS(=O)(=O)O)cc1N=Nc1nc2c(S(=O)(=O)O)cc(Cl)cc2s1.CS(=O)(=O)O. The van der Waals surface area contributed by atoms with E-state index in [2.05, 4.69) is 59.4 Å². The zero-order valence-corrected chi connectivity index (χ0v) is 49.1. The van der Waals surface area contributed by atoms with Crippen LogP contribution in [0.4, 0.5) is 39.3 Å². The fraction of sp³-hybridized carbons (Fsp3) is 0.205. The van der Waals surface area contributed by atoms with Crippen molar-refractivity contribution >= 4 is 164 Å². The standard InChI is InChI=1S/C43H36ClN11O18S6.CH4O3S/c1-21-25(20-45)41-46-26-7-3-4-8-30(26)55(41)42(57)36(21)51-48-27-10-9-23-24(40(27)79(66,67)68)17-34(76-73-71-59)38(39(23)56)52-49-28-19-32(69-2)29(18-31(28)54(11-5-13-74-72-70-58)12-6-14-77(60,61)62)50-53-43-47-37-33(75-43)15-22(44)16-35(37)78(63,64)65;1-5(2,3)4/h3-4,7-10,15-19,56-59H,5-6,11-14H2,1-2H3,(H,60,61,62)(H,63,64,65)(H,66,67,68);1H3,(H,2,3,4). The Morgan fingerprint density at radius 3 is 2.11 bits per heavy atom. The van der Waals surface area contributed by atoms with E-state index in [1.54, 1.807) is 29.2 Å². The Labute approximate surface area is 491 Å². The highest BCUT2D eigenvalue weighted by molar-refractivity contribution is 7.95. The number of benzene rings is 5. The quantitative estimate of drug-likeness (QED) is 0.00736. The van der Waals surface area contributed by atoms with Crippen LogP contribution in [-0.2, 0) is 59.2 Å². The van der Waals surface area contributed by atoms with E-state index in [-0.39, 0.29) is 120 Å². The van der Waals surface area contributed by atoms with Crippen molar-refractivity contribution in [2.75, 3.05) is 42.9 Å². The molecule has 0 unspecified atom stereocenters. The summed E-state index contributed by atoms with van der Waals surface area (Å²) in [5, 5.41) is 83.3. The number of imidazole rings is 1. The second-order valence-corrected chi connectivity index (χ2v) is 25.6. The van der Waals surface area contributed by atoms with Gasteiger partial charge in [-0.05, 0) is 68.3 Å². The van der Waals surface area contributed by atoms with E-state index in [1.165, 1.54) is 42.7 Å². The van der Waals surface area contributed by atoms with E-state index in [1.807, 2.05) is 6.07 Å². The first kappa shape index (κ1) is 64.6. The monoisotopic (exact) mass is 1320 g/mol. The molecule has 0 amide bonds. The summed E-state index contributed by atoms with van der Waals surface area (Å²) >= 11 is 7.87. The summed E-state index contributed by atoms with van der Waals surface area (Å²) in [7, 11) is -17.0. The van der Waals surface area contributed by atoms with Crippen LogP contribution < -0.4 is 9.64 Å². The van der Waals surface area contributed by atoms with Crippen LogP contribution >= 0.6 is 47.0 Å². The number of phenolic OH excluding ortho intramolecular Hbond substituents is 1. The van der Waals surface area contributed by atoms with Crippen LogP contribution in [0.25, 0.3) is 37.7 Å². The molecule has 32 nitrogen and oxygen atoms in total. The summed E-state index contributed by atoms with van der Waals surface area (Å²) in [4.78, 5) is 8.41. The number of fused-ring (bicyclic) bond motifs is 5. The first-order valence-electron chi connectivity index (χ1n) is 22.8. The molecule has 8 rings (SSSR count). The lowest BCUT2D eigenvalue weighted by Crippen LogP contribution is -2.27. The number of azo groups is 3. The molecular formula is C44H40ClN11O21S7. The van der Waals surface area contributed by atoms with Gasteiger partial charge in [0, 0.05) is 58.3 Å². The van der Waals surface area contributed by atoms with Crippen LogP contribution in [0.5, 0.6) is 17.4 Å². The van der Waals surface area contributed by atoms with Gasteiger partial charge in [-0.15, -0.1) is 39.4 Å². The minimum Gasteiger partial charge on any atom is -0.505 e. The Balaban J connectivity index is 0.00000194. The van der Waals surface area contributed by atoms with Gasteiger partial charge in [0.1, 0.15) is 55.4 Å². The molecule has 0 saturated heterocycles. The van der Waals surface area contributed by atoms with Gasteiger partial charge in [0.2, 0.25) is 11.0 Å². The third kappa shape index (κ3) is 15.7. The number of aromatic nitrogens is 3. The van der Waals surface area contributed by atoms with E-state index in [9.17, 15) is 68.1 Å². The number of aromatic hydroxyl groups is 2. The van der Waals surface area contributed by atoms with Gasteiger partial charge in [-0.1, -0.05) is 45.1 Å². The number of halogens is 1. The molecule has 40 heteroatoms. The molecule has 0 saturated carbocycles. The lowest BCUT2D eigenvalue weighted by Gasteiger charge is -2.26. The number of hydrogen-bond acceptors (Lipinski definition) is 30. The molecule has 5 aromatic carbocycles. The van der Waals surface area contributed by atoms with Crippen LogP contribution in [0.15, 0.2) is 112 Å². The van der Waals surface area contributed by atoms with Gasteiger partial charge in [0.05, 0.1) is 57.5 Å². The van der Waals surface area contributed by atoms with Gasteiger partial charge >= 0.3 is 0 Å². The molecule has 3 aromatic heterocycles. The maximum absolute atomic E-state index is 13.3. The maximum atomic E-state index is 13.3. The van der Waals surface area contributed by atoms with Crippen LogP contribution in [0.3, 0.4) is 0 Å². The number of para-hydroxylation sites is 2. The summed E-state index contributed by atoms with van der Waals surface area (Å²) in [6, 6.07) is 17.1. The molecule has 8 aromatic rings. The number of thiazole rings is 1. The molecule has 0 aliphatic carbocycles. The van der Waals surface area contributed by atoms with Crippen molar-refractivity contribution < 1.29 is 96.1 Å². The van der Waals surface area contributed by atoms with Crippen molar-refractivity contribution in [1.82, 2.24) is 14.4 Å². The smallest absolute Gasteiger partial charge is 0.297 e. The molecule has 0 spiro atoms. The zero-order valence-electron chi connectivity index (χ0n) is 42.6. The van der Waals surface area contributed by atoms with Crippen LogP contribution in [0.2, 0.25) is 5.02 Å². The third-order valence-corrected chi connectivity index (χ3v) is 16.2. The molecule has 8 N–H and O–H groups in total. The highest BCUT2D eigenvalue weighted by atomic mass is 35.5. The predicted molar refractivity (Wildman–Crippen MR) is 302 cm³/mol. The lowest BCUT2D eigenvalue weighted by atomic mass is 10.1. The predicted octanol–water partition coefficient (Wildman–Crippen LogP) is 10.7. The summed E-state index contributed by atoms with van der Waals surface area (Å²) < 4.78 is 147. The lowest BCUT2D eigenvalue weighted by molar-refractivity contribution is -0.432. The average molecular weight is 1320 g/mol. The highest BCUT2D eigenvalue weighted by Crippen LogP contribution is 2.49. The van der Waals surface area contributed by atoms with Crippen molar-refractivity contribution in [2.45, 2.75) is 34.5 Å². The number of nitrogens with zero attached hydrogens (tertiary/aromatic N) is 11. The number of ether oxygens (including phenoxy) is 1. The number of phenols is 1. The van der Waals surface area contributed by atoms with Gasteiger partial charge < -0.3 is 19.8 Å². The Kier molecular flexibility index (Phi) is 20.8. The molecule has 0 aliphatic heterocycles. The molecule has 84 heavy (non-hydrogen) atoms. The van der Waals surface area contributed by atoms with Crippen LogP contribution in [-0.4, -0.2) is 125 Å². The molecule has 446 valence electrons. The second-order valence-electron chi connectivity index (χ2n) is 16.8. The molecule has 0 fully saturated rings. The summed E-state index contributed by atoms with van der Waals surface area (Å²) in [6.07, 6.45) is 0.783. The first-order chi connectivity index (χ1) is 39.6. The van der Waals surface area contributed by atoms with E-state index in [0.29, 0.717) is 29.3 Å². The van der Waals surface area contributed by atoms with Crippen LogP contribution in [0, 0.1) is 18.3 Å². The molecule has 3 heterocycles. The number of rotatable bonds is 23. The van der Waals surface area contributed by atoms with Crippen molar-refractivity contribution in [3.05, 3.63) is 82.9 Å². The maximum Gasteiger partial charge on any atom is 0.297 e. The molecule has 0 radical (unpaired) electrons. The van der Waals surface area contributed by atoms with E-state index < -0.39 is 84.4 Å². The summed E-state index contributed by atoms with van der Waals surface area (Å²) in [5.41, 5.74) is -0.356. The number of methoxy groups -OCH3 is 1. The van der Waals surface area contributed by atoms with Gasteiger partial charge in [-0.25, -0.2) is 20.5 Å². The number of anilines is 1. The van der Waals surface area contributed by atoms with Gasteiger partial charge in [0.15, 0.2) is 17.1 Å². The first-order valence-corrected chi connectivity index (χ1v) is 32.0. The minimum absolute atomic E-state index is 0.0138.